The summed E-state index contributed by atoms with van der Waals surface area (Å²) < 4.78 is 117. The van der Waals surface area contributed by atoms with E-state index >= 15 is 0 Å². The average molecular weight is 446 g/mol. The number of nitrogens with zero attached hydrogens (tertiary/aromatic N) is 4. The van der Waals surface area contributed by atoms with Crippen LogP contribution in [0, 0.1) is 5.82 Å². The number of fused-ring (bicyclic) bond motifs is 1. The Hall–Kier alpha value is -3.26. The zero-order valence-electron chi connectivity index (χ0n) is 14.1. The van der Waals surface area contributed by atoms with Gasteiger partial charge in [-0.15, -0.1) is 0 Å². The zero-order valence-corrected chi connectivity index (χ0v) is 14.1. The fourth-order valence-corrected chi connectivity index (χ4v) is 2.48. The van der Waals surface area contributed by atoms with Gasteiger partial charge >= 0.3 is 18.3 Å². The van der Waals surface area contributed by atoms with Gasteiger partial charge in [0, 0.05) is 17.8 Å². The van der Waals surface area contributed by atoms with Crippen LogP contribution in [0.3, 0.4) is 0 Å². The summed E-state index contributed by atoms with van der Waals surface area (Å²) in [4.78, 5) is 15.7. The molecule has 0 spiro atoms. The number of hydrogen-bond donors (Lipinski definition) is 1. The van der Waals surface area contributed by atoms with E-state index in [1.54, 1.807) is 0 Å². The fourth-order valence-electron chi connectivity index (χ4n) is 2.48. The summed E-state index contributed by atoms with van der Waals surface area (Å²) in [6.07, 6.45) is -10.0. The van der Waals surface area contributed by atoms with Gasteiger partial charge in [-0.2, -0.15) is 40.2 Å². The molecule has 6 nitrogen and oxygen atoms in total. The molecule has 0 aromatic carbocycles. The SMILES string of the molecule is O=c1c(-c2cnn(CC(F)(F)C(F)(F)F)c2)c(C(F)(F)F)nc2cc(O)c(F)cn12. The molecule has 162 valence electrons. The minimum Gasteiger partial charge on any atom is -0.505 e. The van der Waals surface area contributed by atoms with E-state index in [-0.39, 0.29) is 4.68 Å². The maximum absolute atomic E-state index is 13.5. The van der Waals surface area contributed by atoms with E-state index in [4.69, 9.17) is 0 Å². The van der Waals surface area contributed by atoms with Gasteiger partial charge < -0.3 is 5.11 Å². The number of halogens is 9. The first kappa shape index (κ1) is 21.4. The van der Waals surface area contributed by atoms with E-state index in [0.717, 1.165) is 0 Å². The minimum absolute atomic E-state index is 0.00862. The molecule has 0 atom stereocenters. The van der Waals surface area contributed by atoms with Crippen LogP contribution in [0.4, 0.5) is 39.5 Å². The summed E-state index contributed by atoms with van der Waals surface area (Å²) in [5.41, 5.74) is -6.17. The molecule has 3 rings (SSSR count). The van der Waals surface area contributed by atoms with Crippen LogP contribution < -0.4 is 5.56 Å². The molecule has 0 amide bonds. The molecule has 3 heterocycles. The standard InChI is InChI=1S/C15H7F9N4O2/c16-7-4-28-9(1-8(7)29)26-11(14(19,20)21)10(12(28)30)6-2-25-27(3-6)5-13(17,18)15(22,23)24/h1-4,29H,5H2. The summed E-state index contributed by atoms with van der Waals surface area (Å²) >= 11 is 0. The highest BCUT2D eigenvalue weighted by Gasteiger charge is 2.57. The highest BCUT2D eigenvalue weighted by atomic mass is 19.4. The van der Waals surface area contributed by atoms with Crippen LogP contribution in [-0.4, -0.2) is 36.4 Å². The van der Waals surface area contributed by atoms with Crippen molar-refractivity contribution in [2.45, 2.75) is 24.8 Å². The first-order valence-corrected chi connectivity index (χ1v) is 7.61. The molecule has 30 heavy (non-hydrogen) atoms. The van der Waals surface area contributed by atoms with Crippen molar-refractivity contribution >= 4 is 5.65 Å². The summed E-state index contributed by atoms with van der Waals surface area (Å²) in [5.74, 6) is -7.72. The first-order valence-electron chi connectivity index (χ1n) is 7.61. The molecule has 0 aliphatic heterocycles. The number of alkyl halides is 8. The van der Waals surface area contributed by atoms with Crippen molar-refractivity contribution in [1.82, 2.24) is 19.2 Å². The van der Waals surface area contributed by atoms with E-state index in [1.807, 2.05) is 0 Å². The normalized spacial score (nSPS) is 13.2. The molecule has 0 fully saturated rings. The number of hydrogen-bond acceptors (Lipinski definition) is 4. The fraction of sp³-hybridized carbons (Fsp3) is 0.267. The Morgan fingerprint density at radius 3 is 2.23 bits per heavy atom. The molecular weight excluding hydrogens is 439 g/mol. The maximum atomic E-state index is 13.5. The Morgan fingerprint density at radius 2 is 1.67 bits per heavy atom. The molecule has 0 aliphatic carbocycles. The summed E-state index contributed by atoms with van der Waals surface area (Å²) in [5, 5.41) is 12.4. The van der Waals surface area contributed by atoms with Gasteiger partial charge in [-0.1, -0.05) is 0 Å². The maximum Gasteiger partial charge on any atom is 0.455 e. The predicted molar refractivity (Wildman–Crippen MR) is 80.3 cm³/mol. The Bertz CT molecular complexity index is 1180. The van der Waals surface area contributed by atoms with Crippen LogP contribution in [0.15, 0.2) is 29.5 Å². The van der Waals surface area contributed by atoms with E-state index in [1.165, 1.54) is 0 Å². The highest BCUT2D eigenvalue weighted by molar-refractivity contribution is 5.66. The van der Waals surface area contributed by atoms with Gasteiger partial charge in [-0.05, 0) is 0 Å². The third kappa shape index (κ3) is 3.66. The zero-order chi connectivity index (χ0) is 22.6. The second kappa shape index (κ2) is 6.63. The van der Waals surface area contributed by atoms with Crippen molar-refractivity contribution in [1.29, 1.82) is 0 Å². The van der Waals surface area contributed by atoms with E-state index in [0.29, 0.717) is 29.1 Å². The number of aromatic nitrogens is 4. The second-order valence-corrected chi connectivity index (χ2v) is 6.00. The van der Waals surface area contributed by atoms with Crippen LogP contribution in [0.1, 0.15) is 5.69 Å². The summed E-state index contributed by atoms with van der Waals surface area (Å²) in [6, 6.07) is 0.447. The number of aromatic hydroxyl groups is 1. The van der Waals surface area contributed by atoms with E-state index < -0.39 is 64.4 Å². The van der Waals surface area contributed by atoms with Crippen molar-refractivity contribution in [2.75, 3.05) is 0 Å². The van der Waals surface area contributed by atoms with Crippen LogP contribution in [0.25, 0.3) is 16.8 Å². The third-order valence-electron chi connectivity index (χ3n) is 3.86. The first-order chi connectivity index (χ1) is 13.6. The smallest absolute Gasteiger partial charge is 0.455 e. The lowest BCUT2D eigenvalue weighted by Gasteiger charge is -2.19. The van der Waals surface area contributed by atoms with Gasteiger partial charge in [0.2, 0.25) is 0 Å². The monoisotopic (exact) mass is 446 g/mol. The van der Waals surface area contributed by atoms with Crippen molar-refractivity contribution in [3.05, 3.63) is 46.5 Å². The van der Waals surface area contributed by atoms with E-state index in [9.17, 15) is 49.4 Å². The predicted octanol–water partition coefficient (Wildman–Crippen LogP) is 3.62. The molecule has 15 heteroatoms. The van der Waals surface area contributed by atoms with Crippen LogP contribution >= 0.6 is 0 Å². The molecule has 0 saturated carbocycles. The summed E-state index contributed by atoms with van der Waals surface area (Å²) in [6.45, 7) is -2.05. The lowest BCUT2D eigenvalue weighted by atomic mass is 10.1. The lowest BCUT2D eigenvalue weighted by Crippen LogP contribution is -2.40. The highest BCUT2D eigenvalue weighted by Crippen LogP contribution is 2.38. The molecule has 0 saturated heterocycles. The third-order valence-corrected chi connectivity index (χ3v) is 3.86. The summed E-state index contributed by atoms with van der Waals surface area (Å²) in [7, 11) is 0. The van der Waals surface area contributed by atoms with E-state index in [2.05, 4.69) is 10.1 Å². The number of pyridine rings is 1. The minimum atomic E-state index is -5.94. The molecule has 0 bridgehead atoms. The number of rotatable bonds is 3. The van der Waals surface area contributed by atoms with Gasteiger partial charge in [0.05, 0.1) is 18.0 Å². The van der Waals surface area contributed by atoms with Gasteiger partial charge in [-0.25, -0.2) is 9.37 Å². The molecule has 3 aromatic rings. The van der Waals surface area contributed by atoms with Crippen molar-refractivity contribution in [3.8, 4) is 16.9 Å². The van der Waals surface area contributed by atoms with Gasteiger partial charge in [0.15, 0.2) is 17.3 Å². The molecule has 1 N–H and O–H groups in total. The quantitative estimate of drug-likeness (QED) is 0.624. The van der Waals surface area contributed by atoms with Crippen LogP contribution in [0.5, 0.6) is 5.75 Å². The Balaban J connectivity index is 2.21. The Morgan fingerprint density at radius 1 is 1.03 bits per heavy atom. The van der Waals surface area contributed by atoms with Gasteiger partial charge in [-0.3, -0.25) is 13.9 Å². The van der Waals surface area contributed by atoms with Crippen molar-refractivity contribution < 1.29 is 44.6 Å². The molecule has 3 aromatic heterocycles. The Kier molecular flexibility index (Phi) is 4.74. The van der Waals surface area contributed by atoms with Crippen LogP contribution in [0.2, 0.25) is 0 Å². The van der Waals surface area contributed by atoms with Gasteiger partial charge in [0.1, 0.15) is 12.2 Å². The average Bonchev–Trinajstić information content (AvgIpc) is 3.02. The molecule has 0 radical (unpaired) electrons. The van der Waals surface area contributed by atoms with Crippen molar-refractivity contribution in [2.24, 2.45) is 0 Å². The van der Waals surface area contributed by atoms with Gasteiger partial charge in [0.25, 0.3) is 5.56 Å². The topological polar surface area (TPSA) is 72.4 Å². The second-order valence-electron chi connectivity index (χ2n) is 6.00. The largest absolute Gasteiger partial charge is 0.505 e. The Labute approximate surface area is 158 Å². The van der Waals surface area contributed by atoms with Crippen LogP contribution in [-0.2, 0) is 12.7 Å². The molecule has 0 unspecified atom stereocenters. The lowest BCUT2D eigenvalue weighted by molar-refractivity contribution is -0.287. The molecule has 0 aliphatic rings. The van der Waals surface area contributed by atoms with Crippen molar-refractivity contribution in [3.63, 3.8) is 0 Å². The molecular formula is C15H7F9N4O2.